The number of likely N-dealkylation sites (tertiary alicyclic amines) is 2. The Morgan fingerprint density at radius 3 is 1.74 bits per heavy atom. The Balaban J connectivity index is 0.897. The number of nitrogens with zero attached hydrogens (tertiary/aromatic N) is 4. The lowest BCUT2D eigenvalue weighted by Gasteiger charge is -2.30. The molecule has 0 spiro atoms. The highest BCUT2D eigenvalue weighted by Gasteiger charge is 2.45. The molecule has 2 fully saturated rings. The maximum Gasteiger partial charge on any atom is 0.407 e. The Labute approximate surface area is 380 Å². The molecular weight excluding hydrogens is 847 g/mol. The maximum absolute atomic E-state index is 16.5. The van der Waals surface area contributed by atoms with Crippen molar-refractivity contribution in [2.45, 2.75) is 69.6 Å². The lowest BCUT2D eigenvalue weighted by Crippen LogP contribution is -2.51. The number of amides is 4. The molecule has 2 saturated heterocycles. The van der Waals surface area contributed by atoms with Crippen LogP contribution in [0.2, 0.25) is 0 Å². The fourth-order valence-corrected chi connectivity index (χ4v) is 9.50. The summed E-state index contributed by atoms with van der Waals surface area (Å²) in [4.78, 5) is 71.3. The molecule has 4 atom stereocenters. The molecule has 14 nitrogen and oxygen atoms in total. The van der Waals surface area contributed by atoms with Crippen molar-refractivity contribution < 1.29 is 37.4 Å². The number of benzene rings is 4. The second kappa shape index (κ2) is 17.9. The van der Waals surface area contributed by atoms with Crippen LogP contribution in [0.25, 0.3) is 44.8 Å². The first-order chi connectivity index (χ1) is 31.9. The average molecular weight is 897 g/mol. The number of methoxy groups -OCH3 is 2. The van der Waals surface area contributed by atoms with Crippen LogP contribution in [0.3, 0.4) is 0 Å². The number of rotatable bonds is 11. The van der Waals surface area contributed by atoms with Gasteiger partial charge in [0, 0.05) is 29.8 Å². The molecule has 2 aromatic heterocycles. The van der Waals surface area contributed by atoms with Gasteiger partial charge >= 0.3 is 12.2 Å². The smallest absolute Gasteiger partial charge is 0.407 e. The van der Waals surface area contributed by atoms with Gasteiger partial charge in [0.2, 0.25) is 5.91 Å². The molecule has 66 heavy (non-hydrogen) atoms. The monoisotopic (exact) mass is 896 g/mol. The number of fused-ring (bicyclic) bond motifs is 3. The van der Waals surface area contributed by atoms with Crippen LogP contribution >= 0.6 is 0 Å². The predicted octanol–water partition coefficient (Wildman–Crippen LogP) is 9.06. The second-order valence-electron chi connectivity index (χ2n) is 17.3. The van der Waals surface area contributed by atoms with E-state index in [1.165, 1.54) is 20.3 Å². The van der Waals surface area contributed by atoms with Crippen LogP contribution in [0.5, 0.6) is 0 Å². The zero-order valence-electron chi connectivity index (χ0n) is 36.9. The van der Waals surface area contributed by atoms with Gasteiger partial charge in [0.15, 0.2) is 0 Å². The van der Waals surface area contributed by atoms with Crippen molar-refractivity contribution >= 4 is 24.0 Å². The molecule has 4 heterocycles. The number of aromatic nitrogens is 4. The fraction of sp³-hybridized carbons (Fsp3) is 0.320. The standard InChI is InChI=1S/C50H50F2N8O6/c1-28(2)42(57-48(63)65-3)46(61)59-22-8-12-40(59)45-54-27-39(56-45)33-19-21-35-34-20-18-32(24-36(34)50(51,52)37(35)25-33)29-14-16-30(17-15-29)38-26-53-44(55-38)41-13-9-23-60(41)47(62)43(58-49(64)66-4)31-10-6-5-7-11-31/h5-7,10-11,14-21,24-28,40-43H,8-9,12-13,22-23H2,1-4H3,(H,53,55)(H,54,56)(H,57,63)(H,58,64)/t40-,41-,42-,43?/m0/s1. The van der Waals surface area contributed by atoms with Gasteiger partial charge in [-0.15, -0.1) is 0 Å². The number of imidazole rings is 2. The highest BCUT2D eigenvalue weighted by Crippen LogP contribution is 2.53. The van der Waals surface area contributed by atoms with Crippen LogP contribution in [-0.4, -0.2) is 87.1 Å². The third-order valence-electron chi connectivity index (χ3n) is 13.0. The van der Waals surface area contributed by atoms with E-state index >= 15 is 8.78 Å². The van der Waals surface area contributed by atoms with Gasteiger partial charge in [-0.3, -0.25) is 9.59 Å². The Bertz CT molecular complexity index is 2790. The van der Waals surface area contributed by atoms with Crippen molar-refractivity contribution in [3.8, 4) is 44.8 Å². The summed E-state index contributed by atoms with van der Waals surface area (Å²) in [5.74, 6) is -2.78. The first-order valence-electron chi connectivity index (χ1n) is 22.1. The van der Waals surface area contributed by atoms with E-state index in [0.717, 1.165) is 29.7 Å². The first kappa shape index (κ1) is 43.9. The van der Waals surface area contributed by atoms with Crippen LogP contribution in [0.15, 0.2) is 103 Å². The molecule has 0 bridgehead atoms. The second-order valence-corrected chi connectivity index (χ2v) is 17.3. The molecule has 16 heteroatoms. The van der Waals surface area contributed by atoms with Gasteiger partial charge in [0.1, 0.15) is 23.7 Å². The average Bonchev–Trinajstić information content (AvgIpc) is 4.20. The molecule has 3 aliphatic rings. The van der Waals surface area contributed by atoms with E-state index in [1.54, 1.807) is 58.6 Å². The zero-order chi connectivity index (χ0) is 46.3. The summed E-state index contributed by atoms with van der Waals surface area (Å²) in [5.41, 5.74) is 5.45. The predicted molar refractivity (Wildman–Crippen MR) is 242 cm³/mol. The van der Waals surface area contributed by atoms with Gasteiger partial charge in [-0.05, 0) is 77.1 Å². The van der Waals surface area contributed by atoms with Gasteiger partial charge in [0.05, 0.1) is 50.1 Å². The number of alkyl halides is 2. The van der Waals surface area contributed by atoms with Crippen LogP contribution in [0.1, 0.15) is 86.0 Å². The summed E-state index contributed by atoms with van der Waals surface area (Å²) in [6.45, 7) is 4.70. The number of hydrogen-bond donors (Lipinski definition) is 4. The molecule has 1 aliphatic carbocycles. The maximum atomic E-state index is 16.5. The molecule has 340 valence electrons. The molecule has 2 aliphatic heterocycles. The number of ether oxygens (including phenoxy) is 2. The quantitative estimate of drug-likeness (QED) is 0.0997. The number of halogens is 2. The molecule has 4 N–H and O–H groups in total. The number of aromatic amines is 2. The first-order valence-corrected chi connectivity index (χ1v) is 22.1. The molecule has 0 radical (unpaired) electrons. The lowest BCUT2D eigenvalue weighted by molar-refractivity contribution is -0.135. The van der Waals surface area contributed by atoms with Crippen molar-refractivity contribution in [2.24, 2.45) is 5.92 Å². The van der Waals surface area contributed by atoms with Crippen molar-refractivity contribution in [3.63, 3.8) is 0 Å². The molecule has 0 saturated carbocycles. The summed E-state index contributed by atoms with van der Waals surface area (Å²) in [5, 5.41) is 5.34. The van der Waals surface area contributed by atoms with Crippen LogP contribution in [0, 0.1) is 5.92 Å². The summed E-state index contributed by atoms with van der Waals surface area (Å²) in [7, 11) is 2.51. The van der Waals surface area contributed by atoms with E-state index in [-0.39, 0.29) is 40.9 Å². The van der Waals surface area contributed by atoms with Gasteiger partial charge in [-0.1, -0.05) is 92.7 Å². The van der Waals surface area contributed by atoms with Gasteiger partial charge < -0.3 is 39.9 Å². The van der Waals surface area contributed by atoms with Crippen molar-refractivity contribution in [3.05, 3.63) is 132 Å². The zero-order valence-corrected chi connectivity index (χ0v) is 36.9. The Hall–Kier alpha value is -7.36. The Morgan fingerprint density at radius 1 is 0.667 bits per heavy atom. The topological polar surface area (TPSA) is 175 Å². The SMILES string of the molecule is COC(=O)NC(C(=O)N1CCC[C@H]1c1ncc(-c2ccc(-c3ccc4c(c3)C(F)(F)c3cc(-c5cnc([C@@H]6CCCN6C(=O)[C@@H](NC(=O)OC)C(C)C)[nH]5)ccc3-4)cc2)[nH]1)c1ccccc1. The third kappa shape index (κ3) is 8.15. The number of H-pyrrole nitrogens is 2. The molecule has 6 aromatic rings. The van der Waals surface area contributed by atoms with Gasteiger partial charge in [-0.25, -0.2) is 19.6 Å². The summed E-state index contributed by atoms with van der Waals surface area (Å²) in [6.07, 6.45) is 4.80. The number of nitrogens with one attached hydrogen (secondary N) is 4. The number of carbonyl (C=O) groups excluding carboxylic acids is 4. The highest BCUT2D eigenvalue weighted by molar-refractivity contribution is 5.88. The summed E-state index contributed by atoms with van der Waals surface area (Å²) >= 11 is 0. The van der Waals surface area contributed by atoms with E-state index < -0.39 is 30.2 Å². The van der Waals surface area contributed by atoms with Gasteiger partial charge in [0.25, 0.3) is 11.8 Å². The van der Waals surface area contributed by atoms with Crippen molar-refractivity contribution in [2.75, 3.05) is 27.3 Å². The molecule has 4 aromatic carbocycles. The van der Waals surface area contributed by atoms with E-state index in [2.05, 4.69) is 30.6 Å². The highest BCUT2D eigenvalue weighted by atomic mass is 19.3. The molecule has 4 amide bonds. The molecular formula is C50H50F2N8O6. The number of hydrogen-bond acceptors (Lipinski definition) is 8. The van der Waals surface area contributed by atoms with E-state index in [0.29, 0.717) is 71.1 Å². The van der Waals surface area contributed by atoms with Crippen molar-refractivity contribution in [1.29, 1.82) is 0 Å². The normalized spacial score (nSPS) is 18.1. The Kier molecular flexibility index (Phi) is 11.9. The lowest BCUT2D eigenvalue weighted by atomic mass is 9.97. The molecule has 9 rings (SSSR count). The Morgan fingerprint density at radius 2 is 1.17 bits per heavy atom. The van der Waals surface area contributed by atoms with Gasteiger partial charge in [-0.2, -0.15) is 8.78 Å². The fourth-order valence-electron chi connectivity index (χ4n) is 9.50. The van der Waals surface area contributed by atoms with Crippen molar-refractivity contribution in [1.82, 2.24) is 40.4 Å². The summed E-state index contributed by atoms with van der Waals surface area (Å²) < 4.78 is 42.6. The number of alkyl carbamates (subject to hydrolysis) is 2. The largest absolute Gasteiger partial charge is 0.453 e. The van der Waals surface area contributed by atoms with Crippen LogP contribution in [-0.2, 0) is 25.0 Å². The minimum absolute atomic E-state index is 0.0768. The third-order valence-corrected chi connectivity index (χ3v) is 13.0. The number of carbonyl (C=O) groups is 4. The van der Waals surface area contributed by atoms with Crippen LogP contribution < -0.4 is 10.6 Å². The van der Waals surface area contributed by atoms with E-state index in [9.17, 15) is 19.2 Å². The minimum Gasteiger partial charge on any atom is -0.453 e. The van der Waals surface area contributed by atoms with Crippen LogP contribution in [0.4, 0.5) is 18.4 Å². The van der Waals surface area contributed by atoms with E-state index in [4.69, 9.17) is 9.47 Å². The van der Waals surface area contributed by atoms with E-state index in [1.807, 2.05) is 62.4 Å². The summed E-state index contributed by atoms with van der Waals surface area (Å²) in [6, 6.07) is 24.4. The minimum atomic E-state index is -3.27. The molecule has 1 unspecified atom stereocenters.